The monoisotopic (exact) mass is 333 g/mol. The topological polar surface area (TPSA) is 94.6 Å². The fourth-order valence-corrected chi connectivity index (χ4v) is 3.51. The van der Waals surface area contributed by atoms with E-state index in [9.17, 15) is 9.90 Å². The molecule has 1 atom stereocenters. The van der Waals surface area contributed by atoms with Crippen LogP contribution in [0.15, 0.2) is 6.07 Å². The third-order valence-corrected chi connectivity index (χ3v) is 4.75. The third-order valence-electron chi connectivity index (χ3n) is 4.75. The lowest BCUT2D eigenvalue weighted by molar-refractivity contribution is -0.160. The molecule has 3 heterocycles. The van der Waals surface area contributed by atoms with Gasteiger partial charge < -0.3 is 14.7 Å². The van der Waals surface area contributed by atoms with Crippen LogP contribution in [-0.4, -0.2) is 76.1 Å². The maximum atomic E-state index is 12.7. The molecule has 1 amide bonds. The fraction of sp³-hybridized carbons (Fsp3) is 0.688. The molecule has 24 heavy (non-hydrogen) atoms. The van der Waals surface area contributed by atoms with Crippen LogP contribution in [0, 0.1) is 11.3 Å². The summed E-state index contributed by atoms with van der Waals surface area (Å²) in [6.07, 6.45) is 1.27. The molecule has 1 unspecified atom stereocenters. The third kappa shape index (κ3) is 3.29. The second-order valence-electron chi connectivity index (χ2n) is 6.49. The van der Waals surface area contributed by atoms with Crippen LogP contribution in [0.2, 0.25) is 0 Å². The van der Waals surface area contributed by atoms with Gasteiger partial charge in [0.25, 0.3) is 5.91 Å². The van der Waals surface area contributed by atoms with Crippen molar-refractivity contribution in [2.24, 2.45) is 0 Å². The summed E-state index contributed by atoms with van der Waals surface area (Å²) in [5.41, 5.74) is 0.0117. The lowest BCUT2D eigenvalue weighted by Crippen LogP contribution is -2.59. The van der Waals surface area contributed by atoms with Crippen molar-refractivity contribution in [2.75, 3.05) is 39.9 Å². The zero-order valence-electron chi connectivity index (χ0n) is 13.9. The summed E-state index contributed by atoms with van der Waals surface area (Å²) in [7, 11) is 1.60. The van der Waals surface area contributed by atoms with Crippen molar-refractivity contribution < 1.29 is 14.6 Å². The molecule has 130 valence electrons. The van der Waals surface area contributed by atoms with Gasteiger partial charge in [-0.25, -0.2) is 0 Å². The van der Waals surface area contributed by atoms with E-state index in [1.54, 1.807) is 18.1 Å². The Labute approximate surface area is 141 Å². The molecule has 0 spiro atoms. The number of hydrogen-bond donors (Lipinski definition) is 1. The summed E-state index contributed by atoms with van der Waals surface area (Å²) in [6, 6.07) is 3.82. The average Bonchev–Trinajstić information content (AvgIpc) is 2.99. The maximum Gasteiger partial charge on any atom is 0.255 e. The average molecular weight is 333 g/mol. The molecule has 0 bridgehead atoms. The Morgan fingerprint density at radius 2 is 2.29 bits per heavy atom. The normalized spacial score (nSPS) is 24.7. The van der Waals surface area contributed by atoms with Crippen molar-refractivity contribution in [3.05, 3.63) is 17.5 Å². The van der Waals surface area contributed by atoms with Crippen LogP contribution in [0.5, 0.6) is 0 Å². The van der Waals surface area contributed by atoms with E-state index in [0.717, 1.165) is 12.1 Å². The van der Waals surface area contributed by atoms with E-state index in [1.165, 1.54) is 0 Å². The molecule has 3 rings (SSSR count). The summed E-state index contributed by atoms with van der Waals surface area (Å²) < 4.78 is 6.87. The van der Waals surface area contributed by atoms with Crippen molar-refractivity contribution in [1.29, 1.82) is 5.26 Å². The molecule has 1 aromatic rings. The van der Waals surface area contributed by atoms with E-state index in [2.05, 4.69) is 10.00 Å². The molecule has 8 heteroatoms. The number of aromatic nitrogens is 2. The number of likely N-dealkylation sites (tertiary alicyclic amines) is 1. The highest BCUT2D eigenvalue weighted by Crippen LogP contribution is 2.25. The lowest BCUT2D eigenvalue weighted by atomic mass is 9.91. The van der Waals surface area contributed by atoms with Gasteiger partial charge in [0.2, 0.25) is 0 Å². The van der Waals surface area contributed by atoms with Crippen molar-refractivity contribution in [3.63, 3.8) is 0 Å². The Morgan fingerprint density at radius 1 is 1.46 bits per heavy atom. The fourth-order valence-electron chi connectivity index (χ4n) is 3.51. The van der Waals surface area contributed by atoms with Crippen molar-refractivity contribution in [3.8, 4) is 6.07 Å². The first-order valence-corrected chi connectivity index (χ1v) is 8.25. The molecule has 1 N–H and O–H groups in total. The minimum atomic E-state index is -1.34. The van der Waals surface area contributed by atoms with E-state index >= 15 is 0 Å². The van der Waals surface area contributed by atoms with E-state index in [-0.39, 0.29) is 5.91 Å². The number of piperidine rings is 1. The molecule has 0 aliphatic carbocycles. The zero-order valence-corrected chi connectivity index (χ0v) is 13.9. The van der Waals surface area contributed by atoms with Crippen LogP contribution in [0.3, 0.4) is 0 Å². The quantitative estimate of drug-likeness (QED) is 0.786. The van der Waals surface area contributed by atoms with Gasteiger partial charge in [-0.05, 0) is 18.9 Å². The summed E-state index contributed by atoms with van der Waals surface area (Å²) in [6.45, 7) is 3.91. The minimum Gasteiger partial charge on any atom is -0.383 e. The second kappa shape index (κ2) is 6.89. The van der Waals surface area contributed by atoms with E-state index in [4.69, 9.17) is 10.00 Å². The predicted molar refractivity (Wildman–Crippen MR) is 84.9 cm³/mol. The SMILES string of the molecule is COCCN1CCCC(O)(CN2CCn3nc(C#N)cc3C2)C1=O. The number of fused-ring (bicyclic) bond motifs is 1. The first-order chi connectivity index (χ1) is 11.6. The molecule has 8 nitrogen and oxygen atoms in total. The summed E-state index contributed by atoms with van der Waals surface area (Å²) in [5, 5.41) is 24.1. The lowest BCUT2D eigenvalue weighted by Gasteiger charge is -2.41. The number of hydrogen-bond acceptors (Lipinski definition) is 6. The second-order valence-corrected chi connectivity index (χ2v) is 6.49. The highest BCUT2D eigenvalue weighted by atomic mass is 16.5. The van der Waals surface area contributed by atoms with Gasteiger partial charge in [-0.1, -0.05) is 0 Å². The van der Waals surface area contributed by atoms with Gasteiger partial charge in [0.1, 0.15) is 6.07 Å². The molecule has 1 aromatic heterocycles. The predicted octanol–water partition coefficient (Wildman–Crippen LogP) is -0.430. The van der Waals surface area contributed by atoms with Crippen LogP contribution in [0.4, 0.5) is 0 Å². The molecule has 2 aliphatic heterocycles. The van der Waals surface area contributed by atoms with Crippen LogP contribution >= 0.6 is 0 Å². The highest BCUT2D eigenvalue weighted by Gasteiger charge is 2.43. The molecule has 0 saturated carbocycles. The van der Waals surface area contributed by atoms with Gasteiger partial charge in [0, 0.05) is 39.8 Å². The Hall–Kier alpha value is -1.95. The highest BCUT2D eigenvalue weighted by molar-refractivity contribution is 5.86. The van der Waals surface area contributed by atoms with Crippen molar-refractivity contribution in [1.82, 2.24) is 19.6 Å². The molecule has 1 saturated heterocycles. The number of nitriles is 1. The Bertz CT molecular complexity index is 653. The van der Waals surface area contributed by atoms with E-state index in [1.807, 2.05) is 10.8 Å². The number of aliphatic hydroxyl groups is 1. The van der Waals surface area contributed by atoms with Gasteiger partial charge in [-0.15, -0.1) is 0 Å². The maximum absolute atomic E-state index is 12.7. The first kappa shape index (κ1) is 16.9. The van der Waals surface area contributed by atoms with Crippen LogP contribution in [0.1, 0.15) is 24.2 Å². The number of rotatable bonds is 5. The number of amides is 1. The Kier molecular flexibility index (Phi) is 4.85. The Morgan fingerprint density at radius 3 is 3.04 bits per heavy atom. The number of methoxy groups -OCH3 is 1. The van der Waals surface area contributed by atoms with Crippen molar-refractivity contribution in [2.45, 2.75) is 31.5 Å². The van der Waals surface area contributed by atoms with Gasteiger partial charge >= 0.3 is 0 Å². The van der Waals surface area contributed by atoms with Gasteiger partial charge in [-0.2, -0.15) is 10.4 Å². The molecule has 0 aromatic carbocycles. The van der Waals surface area contributed by atoms with Crippen LogP contribution in [0.25, 0.3) is 0 Å². The van der Waals surface area contributed by atoms with Gasteiger partial charge in [0.05, 0.1) is 18.8 Å². The molecular weight excluding hydrogens is 310 g/mol. The number of β-amino-alcohol motifs (C(OH)–C–C–N with tert-alkyl or cyclic N) is 1. The van der Waals surface area contributed by atoms with E-state index < -0.39 is 5.60 Å². The smallest absolute Gasteiger partial charge is 0.255 e. The summed E-state index contributed by atoms with van der Waals surface area (Å²) in [5.74, 6) is -0.206. The first-order valence-electron chi connectivity index (χ1n) is 8.25. The number of nitrogens with zero attached hydrogens (tertiary/aromatic N) is 5. The molecule has 0 radical (unpaired) electrons. The summed E-state index contributed by atoms with van der Waals surface area (Å²) in [4.78, 5) is 16.4. The van der Waals surface area contributed by atoms with Crippen LogP contribution in [-0.2, 0) is 22.6 Å². The van der Waals surface area contributed by atoms with E-state index in [0.29, 0.717) is 58.0 Å². The number of carbonyl (C=O) groups excluding carboxylic acids is 1. The zero-order chi connectivity index (χ0) is 17.2. The Balaban J connectivity index is 1.66. The minimum absolute atomic E-state index is 0.206. The van der Waals surface area contributed by atoms with Gasteiger partial charge in [-0.3, -0.25) is 14.4 Å². The largest absolute Gasteiger partial charge is 0.383 e. The van der Waals surface area contributed by atoms with Crippen LogP contribution < -0.4 is 0 Å². The van der Waals surface area contributed by atoms with Gasteiger partial charge in [0.15, 0.2) is 11.3 Å². The number of ether oxygens (including phenoxy) is 1. The van der Waals surface area contributed by atoms with Crippen molar-refractivity contribution >= 4 is 5.91 Å². The molecule has 1 fully saturated rings. The standard InChI is InChI=1S/C16H23N5O3/c1-24-8-7-20-4-2-3-16(23,15(20)22)12-19-5-6-21-14(11-19)9-13(10-17)18-21/h9,23H,2-8,11-12H2,1H3. The molecular formula is C16H23N5O3. The summed E-state index contributed by atoms with van der Waals surface area (Å²) >= 11 is 0. The number of carbonyl (C=O) groups is 1. The molecule has 2 aliphatic rings.